The highest BCUT2D eigenvalue weighted by molar-refractivity contribution is 8.00. The predicted molar refractivity (Wildman–Crippen MR) is 68.3 cm³/mol. The van der Waals surface area contributed by atoms with Crippen LogP contribution in [0.5, 0.6) is 5.75 Å². The Hall–Kier alpha value is -1.23. The van der Waals surface area contributed by atoms with Crippen molar-refractivity contribution >= 4 is 17.7 Å². The van der Waals surface area contributed by atoms with Crippen LogP contribution in [-0.4, -0.2) is 33.0 Å². The van der Waals surface area contributed by atoms with Gasteiger partial charge < -0.3 is 10.4 Å². The lowest BCUT2D eigenvalue weighted by molar-refractivity contribution is 0.0949. The molecule has 17 heavy (non-hydrogen) atoms. The number of aromatic hydroxyl groups is 1. The largest absolute Gasteiger partial charge is 0.506 e. The van der Waals surface area contributed by atoms with E-state index in [2.05, 4.69) is 17.2 Å². The van der Waals surface area contributed by atoms with Gasteiger partial charge in [0.25, 0.3) is 5.91 Å². The van der Waals surface area contributed by atoms with Crippen LogP contribution < -0.4 is 5.32 Å². The van der Waals surface area contributed by atoms with Crippen molar-refractivity contribution in [3.63, 3.8) is 0 Å². The average Bonchev–Trinajstić information content (AvgIpc) is 2.74. The molecule has 1 fully saturated rings. The van der Waals surface area contributed by atoms with Gasteiger partial charge in [-0.15, -0.1) is 0 Å². The van der Waals surface area contributed by atoms with Gasteiger partial charge in [0.15, 0.2) is 0 Å². The number of rotatable bonds is 3. The van der Waals surface area contributed by atoms with Crippen LogP contribution in [-0.2, 0) is 0 Å². The minimum Gasteiger partial charge on any atom is -0.506 e. The Kier molecular flexibility index (Phi) is 3.57. The molecular formula is C12H16N2O2S. The lowest BCUT2D eigenvalue weighted by atomic mass is 10.1. The van der Waals surface area contributed by atoms with E-state index in [9.17, 15) is 9.90 Å². The van der Waals surface area contributed by atoms with E-state index in [1.807, 2.05) is 11.8 Å². The van der Waals surface area contributed by atoms with Crippen molar-refractivity contribution in [1.29, 1.82) is 0 Å². The Morgan fingerprint density at radius 3 is 3.12 bits per heavy atom. The first-order chi connectivity index (χ1) is 8.09. The van der Waals surface area contributed by atoms with Crippen LogP contribution in [0.1, 0.15) is 30.1 Å². The van der Waals surface area contributed by atoms with Crippen molar-refractivity contribution in [2.45, 2.75) is 24.5 Å². The molecule has 2 rings (SSSR count). The molecule has 0 bridgehead atoms. The maximum atomic E-state index is 11.8. The standard InChI is InChI=1S/C12H16N2O2S/c1-12(3-2-4-17-12)8-14-11(16)9-5-10(15)7-13-6-9/h5-7,15H,2-4,8H2,1H3,(H,14,16). The molecule has 2 heterocycles. The highest BCUT2D eigenvalue weighted by Crippen LogP contribution is 2.36. The topological polar surface area (TPSA) is 62.2 Å². The predicted octanol–water partition coefficient (Wildman–Crippen LogP) is 1.80. The summed E-state index contributed by atoms with van der Waals surface area (Å²) in [5.41, 5.74) is 0.400. The third-order valence-corrected chi connectivity index (χ3v) is 4.45. The highest BCUT2D eigenvalue weighted by atomic mass is 32.2. The molecule has 2 N–H and O–H groups in total. The molecule has 92 valence electrons. The lowest BCUT2D eigenvalue weighted by Gasteiger charge is -2.22. The first-order valence-corrected chi connectivity index (χ1v) is 6.64. The zero-order chi connectivity index (χ0) is 12.3. The molecule has 1 amide bonds. The minimum atomic E-state index is -0.179. The quantitative estimate of drug-likeness (QED) is 0.861. The van der Waals surface area contributed by atoms with Crippen molar-refractivity contribution in [3.8, 4) is 5.75 Å². The van der Waals surface area contributed by atoms with E-state index in [0.717, 1.165) is 6.42 Å². The van der Waals surface area contributed by atoms with E-state index in [0.29, 0.717) is 12.1 Å². The number of hydrogen-bond donors (Lipinski definition) is 2. The molecule has 1 aromatic heterocycles. The van der Waals surface area contributed by atoms with Crippen molar-refractivity contribution in [3.05, 3.63) is 24.0 Å². The van der Waals surface area contributed by atoms with Crippen LogP contribution in [0.25, 0.3) is 0 Å². The van der Waals surface area contributed by atoms with Crippen LogP contribution in [0.4, 0.5) is 0 Å². The Labute approximate surface area is 105 Å². The number of carbonyl (C=O) groups is 1. The van der Waals surface area contributed by atoms with Gasteiger partial charge in [0, 0.05) is 17.5 Å². The number of nitrogens with one attached hydrogen (secondary N) is 1. The highest BCUT2D eigenvalue weighted by Gasteiger charge is 2.29. The van der Waals surface area contributed by atoms with Crippen LogP contribution in [0.15, 0.2) is 18.5 Å². The van der Waals surface area contributed by atoms with Gasteiger partial charge in [0.2, 0.25) is 0 Å². The van der Waals surface area contributed by atoms with E-state index in [1.165, 1.54) is 30.6 Å². The molecule has 1 aliphatic heterocycles. The second-order valence-electron chi connectivity index (χ2n) is 4.52. The molecule has 0 aromatic carbocycles. The summed E-state index contributed by atoms with van der Waals surface area (Å²) < 4.78 is 0.153. The molecule has 1 aliphatic rings. The van der Waals surface area contributed by atoms with E-state index in [-0.39, 0.29) is 16.4 Å². The molecule has 1 aromatic rings. The van der Waals surface area contributed by atoms with Gasteiger partial charge in [-0.05, 0) is 31.6 Å². The average molecular weight is 252 g/mol. The van der Waals surface area contributed by atoms with E-state index < -0.39 is 0 Å². The number of carbonyl (C=O) groups excluding carboxylic acids is 1. The zero-order valence-electron chi connectivity index (χ0n) is 9.77. The second-order valence-corrected chi connectivity index (χ2v) is 6.20. The third-order valence-electron chi connectivity index (χ3n) is 2.91. The summed E-state index contributed by atoms with van der Waals surface area (Å²) in [6.07, 6.45) is 5.12. The smallest absolute Gasteiger partial charge is 0.253 e. The van der Waals surface area contributed by atoms with Crippen molar-refractivity contribution in [2.24, 2.45) is 0 Å². The second kappa shape index (κ2) is 4.96. The molecule has 0 radical (unpaired) electrons. The number of pyridine rings is 1. The fourth-order valence-electron chi connectivity index (χ4n) is 1.90. The van der Waals surface area contributed by atoms with Crippen molar-refractivity contribution in [1.82, 2.24) is 10.3 Å². The summed E-state index contributed by atoms with van der Waals surface area (Å²) >= 11 is 1.91. The molecule has 4 nitrogen and oxygen atoms in total. The van der Waals surface area contributed by atoms with Gasteiger partial charge in [-0.3, -0.25) is 9.78 Å². The van der Waals surface area contributed by atoms with E-state index in [1.54, 1.807) is 0 Å². The summed E-state index contributed by atoms with van der Waals surface area (Å²) in [7, 11) is 0. The van der Waals surface area contributed by atoms with Crippen molar-refractivity contribution < 1.29 is 9.90 Å². The summed E-state index contributed by atoms with van der Waals surface area (Å²) in [5.74, 6) is 1.00. The molecule has 0 saturated carbocycles. The van der Waals surface area contributed by atoms with Gasteiger partial charge in [-0.1, -0.05) is 0 Å². The Bertz CT molecular complexity index is 417. The monoisotopic (exact) mass is 252 g/mol. The van der Waals surface area contributed by atoms with Gasteiger partial charge in [-0.25, -0.2) is 0 Å². The Balaban J connectivity index is 1.93. The fraction of sp³-hybridized carbons (Fsp3) is 0.500. The molecule has 0 aliphatic carbocycles. The van der Waals surface area contributed by atoms with E-state index in [4.69, 9.17) is 0 Å². The minimum absolute atomic E-state index is 0.0131. The van der Waals surface area contributed by atoms with Crippen molar-refractivity contribution in [2.75, 3.05) is 12.3 Å². The summed E-state index contributed by atoms with van der Waals surface area (Å²) in [5, 5.41) is 12.1. The molecule has 1 atom stereocenters. The SMILES string of the molecule is CC1(CNC(=O)c2cncc(O)c2)CCCS1. The lowest BCUT2D eigenvalue weighted by Crippen LogP contribution is -2.36. The normalized spacial score (nSPS) is 23.6. The fourth-order valence-corrected chi connectivity index (χ4v) is 3.14. The van der Waals surface area contributed by atoms with Crippen LogP contribution >= 0.6 is 11.8 Å². The summed E-state index contributed by atoms with van der Waals surface area (Å²) in [4.78, 5) is 15.6. The molecule has 0 spiro atoms. The number of thioether (sulfide) groups is 1. The van der Waals surface area contributed by atoms with Crippen LogP contribution in [0.3, 0.4) is 0 Å². The first-order valence-electron chi connectivity index (χ1n) is 5.65. The summed E-state index contributed by atoms with van der Waals surface area (Å²) in [6, 6.07) is 1.42. The van der Waals surface area contributed by atoms with Crippen LogP contribution in [0, 0.1) is 0 Å². The van der Waals surface area contributed by atoms with Gasteiger partial charge >= 0.3 is 0 Å². The first kappa shape index (κ1) is 12.2. The van der Waals surface area contributed by atoms with Gasteiger partial charge in [0.05, 0.1) is 11.8 Å². The van der Waals surface area contributed by atoms with Gasteiger partial charge in [0.1, 0.15) is 5.75 Å². The molecule has 5 heteroatoms. The maximum Gasteiger partial charge on any atom is 0.253 e. The molecule has 1 saturated heterocycles. The Morgan fingerprint density at radius 1 is 1.65 bits per heavy atom. The van der Waals surface area contributed by atoms with Crippen LogP contribution in [0.2, 0.25) is 0 Å². The Morgan fingerprint density at radius 2 is 2.47 bits per heavy atom. The summed E-state index contributed by atoms with van der Waals surface area (Å²) in [6.45, 7) is 2.83. The zero-order valence-corrected chi connectivity index (χ0v) is 10.6. The van der Waals surface area contributed by atoms with Gasteiger partial charge in [-0.2, -0.15) is 11.8 Å². The van der Waals surface area contributed by atoms with E-state index >= 15 is 0 Å². The number of hydrogen-bond acceptors (Lipinski definition) is 4. The maximum absolute atomic E-state index is 11.8. The number of nitrogens with zero attached hydrogens (tertiary/aromatic N) is 1. The number of aromatic nitrogens is 1. The third kappa shape index (κ3) is 3.12. The molecule has 1 unspecified atom stereocenters. The molecular weight excluding hydrogens is 236 g/mol. The number of amides is 1.